The number of thiophene rings is 1. The number of rotatable bonds is 8. The first-order valence-corrected chi connectivity index (χ1v) is 11.6. The number of hydrogen-bond donors (Lipinski definition) is 1. The summed E-state index contributed by atoms with van der Waals surface area (Å²) in [6.45, 7) is 2.39. The average Bonchev–Trinajstić information content (AvgIpc) is 3.38. The summed E-state index contributed by atoms with van der Waals surface area (Å²) in [6.07, 6.45) is 0.731. The second-order valence-electron chi connectivity index (χ2n) is 7.52. The number of pyridine rings is 1. The number of para-hydroxylation sites is 3. The molecule has 6 nitrogen and oxygen atoms in total. The van der Waals surface area contributed by atoms with Crippen molar-refractivity contribution in [2.45, 2.75) is 13.3 Å². The molecule has 0 fully saturated rings. The van der Waals surface area contributed by atoms with Gasteiger partial charge in [-0.15, -0.1) is 11.3 Å². The van der Waals surface area contributed by atoms with Crippen LogP contribution < -0.4 is 10.1 Å². The molecule has 0 saturated carbocycles. The van der Waals surface area contributed by atoms with Crippen molar-refractivity contribution in [1.29, 1.82) is 0 Å². The molecule has 0 saturated heterocycles. The summed E-state index contributed by atoms with van der Waals surface area (Å²) in [7, 11) is 1.55. The second kappa shape index (κ2) is 10.3. The van der Waals surface area contributed by atoms with Crippen molar-refractivity contribution in [2.24, 2.45) is 0 Å². The minimum absolute atomic E-state index is 0.0598. The molecule has 2 aromatic heterocycles. The first kappa shape index (κ1) is 22.5. The smallest absolute Gasteiger partial charge is 0.255 e. The third-order valence-electron chi connectivity index (χ3n) is 5.22. The molecule has 7 heteroatoms. The van der Waals surface area contributed by atoms with Crippen molar-refractivity contribution in [3.63, 3.8) is 0 Å². The highest BCUT2D eigenvalue weighted by Gasteiger charge is 2.22. The monoisotopic (exact) mass is 459 g/mol. The van der Waals surface area contributed by atoms with Crippen LogP contribution in [-0.4, -0.2) is 41.9 Å². The van der Waals surface area contributed by atoms with Crippen molar-refractivity contribution in [3.8, 4) is 16.3 Å². The highest BCUT2D eigenvalue weighted by Crippen LogP contribution is 2.29. The number of aromatic nitrogens is 1. The molecule has 0 atom stereocenters. The van der Waals surface area contributed by atoms with Crippen LogP contribution in [0, 0.1) is 0 Å². The molecule has 2 heterocycles. The fourth-order valence-corrected chi connectivity index (χ4v) is 4.39. The Kier molecular flexibility index (Phi) is 7.00. The Morgan fingerprint density at radius 3 is 2.61 bits per heavy atom. The summed E-state index contributed by atoms with van der Waals surface area (Å²) in [5.74, 6) is 0.0986. The van der Waals surface area contributed by atoms with Crippen LogP contribution in [0.2, 0.25) is 0 Å². The van der Waals surface area contributed by atoms with Gasteiger partial charge in [-0.2, -0.15) is 0 Å². The van der Waals surface area contributed by atoms with E-state index in [0.717, 1.165) is 27.9 Å². The molecule has 0 radical (unpaired) electrons. The number of fused-ring (bicyclic) bond motifs is 1. The minimum Gasteiger partial charge on any atom is -0.495 e. The Morgan fingerprint density at radius 1 is 1.06 bits per heavy atom. The summed E-state index contributed by atoms with van der Waals surface area (Å²) in [4.78, 5) is 33.9. The Labute approximate surface area is 196 Å². The van der Waals surface area contributed by atoms with Crippen molar-refractivity contribution in [1.82, 2.24) is 9.88 Å². The third kappa shape index (κ3) is 5.04. The molecule has 0 unspecified atom stereocenters. The molecule has 33 heavy (non-hydrogen) atoms. The maximum atomic E-state index is 13.7. The molecule has 2 amide bonds. The lowest BCUT2D eigenvalue weighted by atomic mass is 10.1. The fraction of sp³-hybridized carbons (Fsp3) is 0.192. The zero-order valence-electron chi connectivity index (χ0n) is 18.6. The van der Waals surface area contributed by atoms with E-state index in [9.17, 15) is 9.59 Å². The Balaban J connectivity index is 1.64. The second-order valence-corrected chi connectivity index (χ2v) is 8.47. The number of hydrogen-bond acceptors (Lipinski definition) is 5. The van der Waals surface area contributed by atoms with Gasteiger partial charge in [0.15, 0.2) is 0 Å². The van der Waals surface area contributed by atoms with Gasteiger partial charge in [0.2, 0.25) is 5.91 Å². The number of carbonyl (C=O) groups excluding carboxylic acids is 2. The van der Waals surface area contributed by atoms with Gasteiger partial charge in [0.25, 0.3) is 5.91 Å². The Morgan fingerprint density at radius 2 is 1.85 bits per heavy atom. The van der Waals surface area contributed by atoms with E-state index >= 15 is 0 Å². The molecule has 0 bridgehead atoms. The lowest BCUT2D eigenvalue weighted by Crippen LogP contribution is -2.38. The predicted octanol–water partition coefficient (Wildman–Crippen LogP) is 5.46. The summed E-state index contributed by atoms with van der Waals surface area (Å²) in [6, 6.07) is 20.6. The van der Waals surface area contributed by atoms with Gasteiger partial charge in [0.05, 0.1) is 34.4 Å². The zero-order chi connectivity index (χ0) is 23.2. The standard InChI is InChI=1S/C26H25N3O3S/c1-3-14-29(17-25(30)28-21-11-6-7-12-23(21)32-2)26(31)19-16-22(24-13-8-15-33-24)27-20-10-5-4-9-18(19)20/h4-13,15-16H,3,14,17H2,1-2H3,(H,28,30). The van der Waals surface area contributed by atoms with Crippen molar-refractivity contribution >= 4 is 39.7 Å². The lowest BCUT2D eigenvalue weighted by Gasteiger charge is -2.23. The Hall–Kier alpha value is -3.71. The molecule has 168 valence electrons. The molecule has 4 aromatic rings. The van der Waals surface area contributed by atoms with Gasteiger partial charge in [-0.05, 0) is 42.1 Å². The molecule has 0 aliphatic heterocycles. The van der Waals surface area contributed by atoms with Crippen molar-refractivity contribution in [2.75, 3.05) is 25.5 Å². The largest absolute Gasteiger partial charge is 0.495 e. The van der Waals surface area contributed by atoms with E-state index in [4.69, 9.17) is 9.72 Å². The van der Waals surface area contributed by atoms with Gasteiger partial charge in [-0.1, -0.05) is 43.3 Å². The zero-order valence-corrected chi connectivity index (χ0v) is 19.4. The van der Waals surface area contributed by atoms with Gasteiger partial charge in [-0.25, -0.2) is 4.98 Å². The average molecular weight is 460 g/mol. The first-order valence-electron chi connectivity index (χ1n) is 10.8. The molecule has 0 spiro atoms. The number of nitrogens with one attached hydrogen (secondary N) is 1. The predicted molar refractivity (Wildman–Crippen MR) is 133 cm³/mol. The highest BCUT2D eigenvalue weighted by molar-refractivity contribution is 7.13. The number of amides is 2. The maximum absolute atomic E-state index is 13.7. The van der Waals surface area contributed by atoms with Crippen LogP contribution in [0.5, 0.6) is 5.75 Å². The van der Waals surface area contributed by atoms with Crippen LogP contribution in [-0.2, 0) is 4.79 Å². The van der Waals surface area contributed by atoms with E-state index in [1.165, 1.54) is 0 Å². The minimum atomic E-state index is -0.279. The first-order chi connectivity index (χ1) is 16.1. The molecule has 2 aromatic carbocycles. The number of benzene rings is 2. The van der Waals surface area contributed by atoms with E-state index < -0.39 is 0 Å². The molecule has 0 aliphatic carbocycles. The number of ether oxygens (including phenoxy) is 1. The van der Waals surface area contributed by atoms with Crippen LogP contribution >= 0.6 is 11.3 Å². The maximum Gasteiger partial charge on any atom is 0.255 e. The van der Waals surface area contributed by atoms with E-state index in [1.807, 2.05) is 66.9 Å². The molecule has 1 N–H and O–H groups in total. The van der Waals surface area contributed by atoms with E-state index in [1.54, 1.807) is 35.5 Å². The number of methoxy groups -OCH3 is 1. The SMILES string of the molecule is CCCN(CC(=O)Nc1ccccc1OC)C(=O)c1cc(-c2cccs2)nc2ccccc12. The van der Waals surface area contributed by atoms with Crippen LogP contribution in [0.25, 0.3) is 21.5 Å². The van der Waals surface area contributed by atoms with Crippen molar-refractivity contribution in [3.05, 3.63) is 77.7 Å². The van der Waals surface area contributed by atoms with E-state index in [2.05, 4.69) is 5.32 Å². The quantitative estimate of drug-likeness (QED) is 0.380. The summed E-state index contributed by atoms with van der Waals surface area (Å²) < 4.78 is 5.31. The topological polar surface area (TPSA) is 71.5 Å². The van der Waals surface area contributed by atoms with Gasteiger partial charge in [-0.3, -0.25) is 9.59 Å². The van der Waals surface area contributed by atoms with Gasteiger partial charge in [0, 0.05) is 11.9 Å². The number of carbonyl (C=O) groups is 2. The molecular formula is C26H25N3O3S. The van der Waals surface area contributed by atoms with Gasteiger partial charge in [0.1, 0.15) is 12.3 Å². The summed E-state index contributed by atoms with van der Waals surface area (Å²) >= 11 is 1.58. The fourth-order valence-electron chi connectivity index (χ4n) is 3.71. The van der Waals surface area contributed by atoms with Crippen molar-refractivity contribution < 1.29 is 14.3 Å². The van der Waals surface area contributed by atoms with Crippen LogP contribution in [0.3, 0.4) is 0 Å². The number of nitrogens with zero attached hydrogens (tertiary/aromatic N) is 2. The van der Waals surface area contributed by atoms with Crippen LogP contribution in [0.1, 0.15) is 23.7 Å². The Bertz CT molecular complexity index is 1270. The van der Waals surface area contributed by atoms with Gasteiger partial charge >= 0.3 is 0 Å². The van der Waals surface area contributed by atoms with Crippen LogP contribution in [0.15, 0.2) is 72.1 Å². The molecule has 0 aliphatic rings. The molecular weight excluding hydrogens is 434 g/mol. The van der Waals surface area contributed by atoms with Gasteiger partial charge < -0.3 is 15.0 Å². The highest BCUT2D eigenvalue weighted by atomic mass is 32.1. The van der Waals surface area contributed by atoms with E-state index in [0.29, 0.717) is 23.5 Å². The van der Waals surface area contributed by atoms with E-state index in [-0.39, 0.29) is 18.4 Å². The normalized spacial score (nSPS) is 10.7. The summed E-state index contributed by atoms with van der Waals surface area (Å²) in [5.41, 5.74) is 2.62. The number of anilines is 1. The molecule has 4 rings (SSSR count). The summed E-state index contributed by atoms with van der Waals surface area (Å²) in [5, 5.41) is 5.62. The van der Waals surface area contributed by atoms with Crippen LogP contribution in [0.4, 0.5) is 5.69 Å². The lowest BCUT2D eigenvalue weighted by molar-refractivity contribution is -0.116. The third-order valence-corrected chi connectivity index (χ3v) is 6.11.